The largest absolute Gasteiger partial charge is 0.480 e. The minimum atomic E-state index is -0.838. The van der Waals surface area contributed by atoms with E-state index < -0.39 is 12.0 Å². The van der Waals surface area contributed by atoms with Crippen molar-refractivity contribution in [3.8, 4) is 0 Å². The summed E-state index contributed by atoms with van der Waals surface area (Å²) in [5, 5.41) is 10.1. The van der Waals surface area contributed by atoms with E-state index in [9.17, 15) is 19.5 Å². The molecular weight excluding hydrogens is 504 g/mol. The van der Waals surface area contributed by atoms with Crippen LogP contribution in [0.1, 0.15) is 27.7 Å². The van der Waals surface area contributed by atoms with Crippen molar-refractivity contribution in [2.75, 3.05) is 67.6 Å². The van der Waals surface area contributed by atoms with Crippen LogP contribution >= 0.6 is 12.2 Å². The van der Waals surface area contributed by atoms with Crippen LogP contribution in [0.5, 0.6) is 0 Å². The van der Waals surface area contributed by atoms with E-state index in [1.807, 2.05) is 68.8 Å². The molecule has 1 aromatic carbocycles. The van der Waals surface area contributed by atoms with E-state index >= 15 is 0 Å². The molecule has 10 nitrogen and oxygen atoms in total. The summed E-state index contributed by atoms with van der Waals surface area (Å²) in [6.07, 6.45) is 3.43. The molecule has 2 fully saturated rings. The van der Waals surface area contributed by atoms with Gasteiger partial charge in [-0.15, -0.1) is 0 Å². The van der Waals surface area contributed by atoms with Crippen molar-refractivity contribution >= 4 is 52.2 Å². The zero-order valence-electron chi connectivity index (χ0n) is 22.7. The van der Waals surface area contributed by atoms with E-state index in [1.54, 1.807) is 6.08 Å². The van der Waals surface area contributed by atoms with Crippen molar-refractivity contribution in [1.29, 1.82) is 0 Å². The van der Waals surface area contributed by atoms with E-state index in [-0.39, 0.29) is 22.5 Å². The second kappa shape index (κ2) is 11.1. The highest BCUT2D eigenvalue weighted by Gasteiger charge is 2.38. The van der Waals surface area contributed by atoms with E-state index in [2.05, 4.69) is 9.80 Å². The molecule has 0 saturated carbocycles. The molecule has 3 aliphatic heterocycles. The molecule has 1 aromatic rings. The average molecular weight is 541 g/mol. The monoisotopic (exact) mass is 540 g/mol. The predicted molar refractivity (Wildman–Crippen MR) is 152 cm³/mol. The molecule has 38 heavy (non-hydrogen) atoms. The summed E-state index contributed by atoms with van der Waals surface area (Å²) in [6, 6.07) is 5.42. The Morgan fingerprint density at radius 3 is 2.05 bits per heavy atom. The highest BCUT2D eigenvalue weighted by molar-refractivity contribution is 7.80. The summed E-state index contributed by atoms with van der Waals surface area (Å²) in [4.78, 5) is 49.4. The lowest BCUT2D eigenvalue weighted by Crippen LogP contribution is -2.55. The van der Waals surface area contributed by atoms with Crippen molar-refractivity contribution in [1.82, 2.24) is 14.7 Å². The van der Waals surface area contributed by atoms with Crippen molar-refractivity contribution < 1.29 is 19.5 Å². The summed E-state index contributed by atoms with van der Waals surface area (Å²) >= 11 is 5.37. The Balaban J connectivity index is 1.73. The predicted octanol–water partition coefficient (Wildman–Crippen LogP) is 2.32. The number of carbonyl (C=O) groups excluding carboxylic acids is 2. The maximum atomic E-state index is 13.1. The number of nitrogens with zero attached hydrogens (tertiary/aromatic N) is 6. The smallest absolute Gasteiger partial charge is 0.327 e. The zero-order chi connectivity index (χ0) is 27.7. The fraction of sp³-hybridized carbons (Fsp3) is 0.481. The first-order valence-electron chi connectivity index (χ1n) is 13.1. The van der Waals surface area contributed by atoms with Gasteiger partial charge in [-0.05, 0) is 77.3 Å². The Labute approximate surface area is 229 Å². The number of anilines is 3. The number of allylic oxidation sites excluding steroid dienone is 2. The topological polar surface area (TPSA) is 90.9 Å². The van der Waals surface area contributed by atoms with Crippen LogP contribution < -0.4 is 14.7 Å². The highest BCUT2D eigenvalue weighted by atomic mass is 32.1. The number of likely N-dealkylation sites (N-methyl/N-ethyl adjacent to an activating group) is 3. The van der Waals surface area contributed by atoms with Crippen LogP contribution in [0.3, 0.4) is 0 Å². The molecule has 1 unspecified atom stereocenters. The molecule has 0 aromatic heterocycles. The first kappa shape index (κ1) is 27.6. The normalized spacial score (nSPS) is 21.7. The van der Waals surface area contributed by atoms with Gasteiger partial charge in [-0.3, -0.25) is 19.4 Å². The highest BCUT2D eigenvalue weighted by Crippen LogP contribution is 2.44. The summed E-state index contributed by atoms with van der Waals surface area (Å²) in [5.74, 6) is -0.761. The third-order valence-electron chi connectivity index (χ3n) is 7.37. The van der Waals surface area contributed by atoms with Crippen LogP contribution in [0.15, 0.2) is 41.7 Å². The average Bonchev–Trinajstić information content (AvgIpc) is 3.20. The number of benzene rings is 1. The molecule has 0 radical (unpaired) electrons. The van der Waals surface area contributed by atoms with Crippen LogP contribution in [0, 0.1) is 0 Å². The molecule has 11 heteroatoms. The van der Waals surface area contributed by atoms with Gasteiger partial charge < -0.3 is 24.7 Å². The number of hydrogen-bond acceptors (Lipinski definition) is 8. The molecule has 4 rings (SSSR count). The number of hydrogen-bond donors (Lipinski definition) is 1. The van der Waals surface area contributed by atoms with Gasteiger partial charge in [-0.1, -0.05) is 0 Å². The Bertz CT molecular complexity index is 1190. The van der Waals surface area contributed by atoms with Crippen molar-refractivity contribution in [3.05, 3.63) is 41.7 Å². The summed E-state index contributed by atoms with van der Waals surface area (Å²) in [5.41, 5.74) is 2.91. The number of thiocarbonyl (C=S) groups is 1. The molecule has 3 heterocycles. The van der Waals surface area contributed by atoms with E-state index in [1.165, 1.54) is 9.80 Å². The quantitative estimate of drug-likeness (QED) is 0.318. The van der Waals surface area contributed by atoms with Gasteiger partial charge in [0.1, 0.15) is 17.4 Å². The second-order valence-electron chi connectivity index (χ2n) is 9.46. The number of carboxylic acids is 1. The van der Waals surface area contributed by atoms with Gasteiger partial charge in [-0.25, -0.2) is 4.79 Å². The second-order valence-corrected chi connectivity index (χ2v) is 9.82. The number of fused-ring (bicyclic) bond motifs is 1. The first-order chi connectivity index (χ1) is 18.2. The minimum Gasteiger partial charge on any atom is -0.480 e. The number of aliphatic carboxylic acids is 1. The van der Waals surface area contributed by atoms with Gasteiger partial charge in [0.05, 0.1) is 11.4 Å². The number of carboxylic acid groups (broad SMARTS) is 1. The van der Waals surface area contributed by atoms with E-state index in [4.69, 9.17) is 12.2 Å². The maximum Gasteiger partial charge on any atom is 0.327 e. The minimum absolute atomic E-state index is 0.0836. The molecule has 3 aliphatic rings. The van der Waals surface area contributed by atoms with Crippen LogP contribution in [-0.2, 0) is 14.4 Å². The molecule has 2 amide bonds. The number of carbonyl (C=O) groups is 3. The molecule has 2 saturated heterocycles. The van der Waals surface area contributed by atoms with Crippen LogP contribution in [-0.4, -0.2) is 102 Å². The maximum absolute atomic E-state index is 13.1. The molecule has 204 valence electrons. The Morgan fingerprint density at radius 1 is 0.921 bits per heavy atom. The van der Waals surface area contributed by atoms with Gasteiger partial charge in [0, 0.05) is 51.5 Å². The third kappa shape index (κ3) is 4.64. The fourth-order valence-corrected chi connectivity index (χ4v) is 5.80. The van der Waals surface area contributed by atoms with Crippen LogP contribution in [0.2, 0.25) is 0 Å². The molecule has 0 aliphatic carbocycles. The SMILES string of the molecule is CCN1C(=O)C(=C/C=C2/N(CC)c3ccc(N4CCN(C)CC4C(=O)O)cc3N2CC)C(=O)N(CC)C1=S. The molecule has 0 spiro atoms. The lowest BCUT2D eigenvalue weighted by atomic mass is 10.1. The van der Waals surface area contributed by atoms with Gasteiger partial charge in [0.2, 0.25) is 0 Å². The molecule has 1 N–H and O–H groups in total. The Kier molecular flexibility index (Phi) is 8.08. The lowest BCUT2D eigenvalue weighted by Gasteiger charge is -2.39. The summed E-state index contributed by atoms with van der Waals surface area (Å²) in [6.45, 7) is 11.7. The van der Waals surface area contributed by atoms with Gasteiger partial charge in [0.15, 0.2) is 5.11 Å². The fourth-order valence-electron chi connectivity index (χ4n) is 5.37. The molecule has 0 bridgehead atoms. The Hall–Kier alpha value is -3.44. The van der Waals surface area contributed by atoms with Gasteiger partial charge in [-0.2, -0.15) is 0 Å². The van der Waals surface area contributed by atoms with E-state index in [0.29, 0.717) is 39.3 Å². The van der Waals surface area contributed by atoms with Gasteiger partial charge in [0.25, 0.3) is 11.8 Å². The van der Waals surface area contributed by atoms with E-state index in [0.717, 1.165) is 29.4 Å². The lowest BCUT2D eigenvalue weighted by molar-refractivity contribution is -0.139. The molecular formula is C27H36N6O4S. The number of rotatable bonds is 7. The van der Waals surface area contributed by atoms with Crippen molar-refractivity contribution in [3.63, 3.8) is 0 Å². The van der Waals surface area contributed by atoms with Gasteiger partial charge >= 0.3 is 5.97 Å². The van der Waals surface area contributed by atoms with Crippen molar-refractivity contribution in [2.45, 2.75) is 33.7 Å². The molecule has 1 atom stereocenters. The van der Waals surface area contributed by atoms with Crippen LogP contribution in [0.25, 0.3) is 0 Å². The first-order valence-corrected chi connectivity index (χ1v) is 13.6. The number of amides is 2. The third-order valence-corrected chi connectivity index (χ3v) is 7.81. The number of piperazine rings is 1. The van der Waals surface area contributed by atoms with Crippen molar-refractivity contribution in [2.24, 2.45) is 0 Å². The Morgan fingerprint density at radius 2 is 1.50 bits per heavy atom. The standard InChI is InChI=1S/C27H36N6O4S/c1-6-29-20-12-10-18(33-15-14-28(5)17-22(33)26(36)37)16-21(20)30(7-2)23(29)13-11-19-24(34)31(8-3)27(38)32(9-4)25(19)35/h10-13,16,22H,6-9,14-15,17H2,1-5H3,(H,36,37)/b23-13-. The summed E-state index contributed by atoms with van der Waals surface area (Å²) < 4.78 is 0. The van der Waals surface area contributed by atoms with Crippen LogP contribution in [0.4, 0.5) is 17.1 Å². The summed E-state index contributed by atoms with van der Waals surface area (Å²) in [7, 11) is 1.94. The zero-order valence-corrected chi connectivity index (χ0v) is 23.5.